The van der Waals surface area contributed by atoms with E-state index in [1.807, 2.05) is 25.1 Å². The number of carboxylic acids is 1. The molecule has 5 nitrogen and oxygen atoms in total. The van der Waals surface area contributed by atoms with Crippen LogP contribution in [0.25, 0.3) is 0 Å². The molecule has 2 aromatic rings. The van der Waals surface area contributed by atoms with Crippen molar-refractivity contribution < 1.29 is 24.1 Å². The normalized spacial score (nSPS) is 10.2. The first-order chi connectivity index (χ1) is 11.1. The molecular weight excluding hydrogens is 364 g/mol. The molecule has 0 aromatic heterocycles. The van der Waals surface area contributed by atoms with Crippen LogP contribution >= 0.6 is 15.9 Å². The number of ether oxygens (including phenoxy) is 3. The minimum atomic E-state index is -0.958. The highest BCUT2D eigenvalue weighted by Crippen LogP contribution is 2.29. The molecule has 0 fully saturated rings. The van der Waals surface area contributed by atoms with Gasteiger partial charge in [0.2, 0.25) is 0 Å². The molecule has 122 valence electrons. The van der Waals surface area contributed by atoms with E-state index in [2.05, 4.69) is 15.9 Å². The molecule has 0 saturated heterocycles. The Bertz CT molecular complexity index is 655. The molecule has 0 spiro atoms. The molecule has 0 aliphatic heterocycles. The van der Waals surface area contributed by atoms with Crippen LogP contribution in [0.2, 0.25) is 0 Å². The molecule has 2 rings (SSSR count). The highest BCUT2D eigenvalue weighted by atomic mass is 79.9. The third kappa shape index (κ3) is 5.17. The fraction of sp³-hybridized carbons (Fsp3) is 0.235. The van der Waals surface area contributed by atoms with Gasteiger partial charge in [-0.05, 0) is 65.3 Å². The van der Waals surface area contributed by atoms with Crippen molar-refractivity contribution in [2.24, 2.45) is 0 Å². The average molecular weight is 381 g/mol. The summed E-state index contributed by atoms with van der Waals surface area (Å²) in [5, 5.41) is 8.82. The fourth-order valence-electron chi connectivity index (χ4n) is 1.86. The lowest BCUT2D eigenvalue weighted by Crippen LogP contribution is -2.09. The second-order valence-corrected chi connectivity index (χ2v) is 5.41. The number of hydrogen-bond donors (Lipinski definition) is 1. The highest BCUT2D eigenvalue weighted by molar-refractivity contribution is 9.10. The summed E-state index contributed by atoms with van der Waals surface area (Å²) in [7, 11) is 0. The lowest BCUT2D eigenvalue weighted by molar-refractivity contribution is 0.0697. The number of halogens is 1. The highest BCUT2D eigenvalue weighted by Gasteiger charge is 2.04. The van der Waals surface area contributed by atoms with E-state index in [-0.39, 0.29) is 5.56 Å². The van der Waals surface area contributed by atoms with Crippen LogP contribution in [0, 0.1) is 0 Å². The number of aromatic carboxylic acids is 1. The van der Waals surface area contributed by atoms with Gasteiger partial charge in [0.05, 0.1) is 16.6 Å². The van der Waals surface area contributed by atoms with Crippen LogP contribution in [-0.4, -0.2) is 30.9 Å². The number of carbonyl (C=O) groups is 1. The standard InChI is InChI=1S/C17H17BrO5/c1-2-21-14-7-8-16(15(18)11-14)23-10-9-22-13-5-3-12(4-6-13)17(19)20/h3-8,11H,2,9-10H2,1H3,(H,19,20). The van der Waals surface area contributed by atoms with Crippen LogP contribution in [0.1, 0.15) is 17.3 Å². The molecule has 0 aliphatic carbocycles. The van der Waals surface area contributed by atoms with E-state index in [0.717, 1.165) is 10.2 Å². The van der Waals surface area contributed by atoms with Gasteiger partial charge in [0, 0.05) is 0 Å². The zero-order valence-corrected chi connectivity index (χ0v) is 14.2. The third-order valence-electron chi connectivity index (χ3n) is 2.93. The molecule has 0 amide bonds. The van der Waals surface area contributed by atoms with E-state index in [1.54, 1.807) is 12.1 Å². The summed E-state index contributed by atoms with van der Waals surface area (Å²) < 4.78 is 17.4. The van der Waals surface area contributed by atoms with Gasteiger partial charge in [-0.3, -0.25) is 0 Å². The van der Waals surface area contributed by atoms with Gasteiger partial charge in [0.1, 0.15) is 30.5 Å². The molecule has 0 atom stereocenters. The minimum absolute atomic E-state index is 0.229. The maximum Gasteiger partial charge on any atom is 0.335 e. The van der Waals surface area contributed by atoms with Gasteiger partial charge >= 0.3 is 5.97 Å². The van der Waals surface area contributed by atoms with Gasteiger partial charge in [0.25, 0.3) is 0 Å². The van der Waals surface area contributed by atoms with Gasteiger partial charge in [-0.25, -0.2) is 4.79 Å². The lowest BCUT2D eigenvalue weighted by atomic mass is 10.2. The van der Waals surface area contributed by atoms with E-state index in [0.29, 0.717) is 31.3 Å². The van der Waals surface area contributed by atoms with E-state index < -0.39 is 5.97 Å². The van der Waals surface area contributed by atoms with Crippen molar-refractivity contribution in [2.45, 2.75) is 6.92 Å². The number of benzene rings is 2. The lowest BCUT2D eigenvalue weighted by Gasteiger charge is -2.11. The van der Waals surface area contributed by atoms with Gasteiger partial charge in [-0.2, -0.15) is 0 Å². The fourth-order valence-corrected chi connectivity index (χ4v) is 2.33. The largest absolute Gasteiger partial charge is 0.494 e. The minimum Gasteiger partial charge on any atom is -0.494 e. The Kier molecular flexibility index (Phi) is 6.29. The van der Waals surface area contributed by atoms with E-state index in [9.17, 15) is 4.79 Å². The van der Waals surface area contributed by atoms with Crippen molar-refractivity contribution in [3.05, 3.63) is 52.5 Å². The Morgan fingerprint density at radius 3 is 2.26 bits per heavy atom. The van der Waals surface area contributed by atoms with Crippen LogP contribution in [0.4, 0.5) is 0 Å². The molecule has 0 bridgehead atoms. The first-order valence-corrected chi connectivity index (χ1v) is 7.90. The van der Waals surface area contributed by atoms with Crippen molar-refractivity contribution in [2.75, 3.05) is 19.8 Å². The van der Waals surface area contributed by atoms with Crippen molar-refractivity contribution in [1.82, 2.24) is 0 Å². The van der Waals surface area contributed by atoms with E-state index in [1.165, 1.54) is 12.1 Å². The molecule has 0 saturated carbocycles. The Hall–Kier alpha value is -2.21. The zero-order chi connectivity index (χ0) is 16.7. The summed E-state index contributed by atoms with van der Waals surface area (Å²) in [5.41, 5.74) is 0.229. The van der Waals surface area contributed by atoms with Crippen molar-refractivity contribution in [3.8, 4) is 17.2 Å². The van der Waals surface area contributed by atoms with Crippen molar-refractivity contribution in [1.29, 1.82) is 0 Å². The van der Waals surface area contributed by atoms with E-state index in [4.69, 9.17) is 19.3 Å². The third-order valence-corrected chi connectivity index (χ3v) is 3.54. The van der Waals surface area contributed by atoms with Crippen molar-refractivity contribution >= 4 is 21.9 Å². The van der Waals surface area contributed by atoms with Gasteiger partial charge in [-0.15, -0.1) is 0 Å². The predicted molar refractivity (Wildman–Crippen MR) is 89.7 cm³/mol. The smallest absolute Gasteiger partial charge is 0.335 e. The Morgan fingerprint density at radius 1 is 1.00 bits per heavy atom. The molecular formula is C17H17BrO5. The van der Waals surface area contributed by atoms with Crippen molar-refractivity contribution in [3.63, 3.8) is 0 Å². The monoisotopic (exact) mass is 380 g/mol. The molecule has 0 aliphatic rings. The maximum atomic E-state index is 10.8. The van der Waals surface area contributed by atoms with Gasteiger partial charge in [0.15, 0.2) is 0 Å². The second kappa shape index (κ2) is 8.43. The van der Waals surface area contributed by atoms with Crippen LogP contribution in [-0.2, 0) is 0 Å². The summed E-state index contributed by atoms with van der Waals surface area (Å²) in [6.07, 6.45) is 0. The number of rotatable bonds is 8. The van der Waals surface area contributed by atoms with Gasteiger partial charge < -0.3 is 19.3 Å². The van der Waals surface area contributed by atoms with Crippen LogP contribution in [0.15, 0.2) is 46.9 Å². The Morgan fingerprint density at radius 2 is 1.65 bits per heavy atom. The second-order valence-electron chi connectivity index (χ2n) is 4.55. The summed E-state index contributed by atoms with van der Waals surface area (Å²) in [6, 6.07) is 11.8. The summed E-state index contributed by atoms with van der Waals surface area (Å²) >= 11 is 3.43. The molecule has 6 heteroatoms. The summed E-state index contributed by atoms with van der Waals surface area (Å²) in [4.78, 5) is 10.8. The molecule has 1 N–H and O–H groups in total. The zero-order valence-electron chi connectivity index (χ0n) is 12.6. The molecule has 0 unspecified atom stereocenters. The maximum absolute atomic E-state index is 10.8. The first kappa shape index (κ1) is 17.1. The number of carboxylic acid groups (broad SMARTS) is 1. The quantitative estimate of drug-likeness (QED) is 0.701. The molecule has 23 heavy (non-hydrogen) atoms. The van der Waals surface area contributed by atoms with Crippen LogP contribution in [0.3, 0.4) is 0 Å². The summed E-state index contributed by atoms with van der Waals surface area (Å²) in [5.74, 6) is 1.13. The van der Waals surface area contributed by atoms with Crippen LogP contribution in [0.5, 0.6) is 17.2 Å². The Labute approximate surface area is 142 Å². The van der Waals surface area contributed by atoms with Gasteiger partial charge in [-0.1, -0.05) is 0 Å². The topological polar surface area (TPSA) is 65.0 Å². The SMILES string of the molecule is CCOc1ccc(OCCOc2ccc(C(=O)O)cc2)c(Br)c1. The molecule has 0 heterocycles. The molecule has 2 aromatic carbocycles. The van der Waals surface area contributed by atoms with Crippen LogP contribution < -0.4 is 14.2 Å². The Balaban J connectivity index is 1.80. The predicted octanol–water partition coefficient (Wildman–Crippen LogP) is 4.00. The van der Waals surface area contributed by atoms with E-state index >= 15 is 0 Å². The first-order valence-electron chi connectivity index (χ1n) is 7.11. The molecule has 0 radical (unpaired) electrons. The number of hydrogen-bond acceptors (Lipinski definition) is 4. The summed E-state index contributed by atoms with van der Waals surface area (Å²) in [6.45, 7) is 3.26. The average Bonchev–Trinajstić information content (AvgIpc) is 2.54.